The highest BCUT2D eigenvalue weighted by molar-refractivity contribution is 5.88. The summed E-state index contributed by atoms with van der Waals surface area (Å²) in [5.41, 5.74) is 9.96. The molecule has 0 saturated carbocycles. The smallest absolute Gasteiger partial charge is 0.231 e. The number of hydrogen-bond donors (Lipinski definition) is 1. The van der Waals surface area contributed by atoms with Gasteiger partial charge in [0.2, 0.25) is 6.79 Å². The van der Waals surface area contributed by atoms with Gasteiger partial charge in [-0.1, -0.05) is 36.4 Å². The Hall–Kier alpha value is -2.72. The van der Waals surface area contributed by atoms with Gasteiger partial charge in [0.1, 0.15) is 0 Å². The molecule has 2 heterocycles. The van der Waals surface area contributed by atoms with Crippen LogP contribution in [-0.2, 0) is 6.54 Å². The van der Waals surface area contributed by atoms with E-state index in [1.54, 1.807) is 0 Å². The van der Waals surface area contributed by atoms with Crippen LogP contribution in [-0.4, -0.2) is 13.3 Å². The second-order valence-electron chi connectivity index (χ2n) is 6.27. The Bertz CT molecular complexity index is 938. The minimum absolute atomic E-state index is 0.185. The second kappa shape index (κ2) is 5.14. The minimum atomic E-state index is 0.185. The van der Waals surface area contributed by atoms with Crippen molar-refractivity contribution in [3.8, 4) is 11.5 Å². The summed E-state index contributed by atoms with van der Waals surface area (Å²) in [5.74, 6) is 1.62. The fourth-order valence-electron chi connectivity index (χ4n) is 3.88. The minimum Gasteiger partial charge on any atom is -0.454 e. The molecule has 2 aliphatic heterocycles. The summed E-state index contributed by atoms with van der Waals surface area (Å²) in [6.45, 7) is 1.74. The van der Waals surface area contributed by atoms with E-state index in [-0.39, 0.29) is 6.04 Å². The number of anilines is 1. The van der Waals surface area contributed by atoms with Crippen LogP contribution in [0.4, 0.5) is 5.69 Å². The molecule has 5 rings (SSSR count). The summed E-state index contributed by atoms with van der Waals surface area (Å²) in [6, 6.07) is 19.3. The summed E-state index contributed by atoms with van der Waals surface area (Å²) in [5, 5.41) is 2.59. The molecule has 0 aromatic heterocycles. The summed E-state index contributed by atoms with van der Waals surface area (Å²) in [7, 11) is 0. The van der Waals surface area contributed by atoms with Crippen molar-refractivity contribution in [2.45, 2.75) is 12.6 Å². The average molecular weight is 318 g/mol. The molecule has 2 N–H and O–H groups in total. The molecular formula is C20H18N2O2. The first kappa shape index (κ1) is 13.7. The maximum Gasteiger partial charge on any atom is 0.231 e. The van der Waals surface area contributed by atoms with Gasteiger partial charge in [-0.25, -0.2) is 0 Å². The van der Waals surface area contributed by atoms with Gasteiger partial charge < -0.3 is 20.1 Å². The lowest BCUT2D eigenvalue weighted by molar-refractivity contribution is 0.174. The Balaban J connectivity index is 1.62. The van der Waals surface area contributed by atoms with Crippen molar-refractivity contribution in [3.63, 3.8) is 0 Å². The zero-order valence-corrected chi connectivity index (χ0v) is 13.2. The molecule has 3 aromatic carbocycles. The first-order chi connectivity index (χ1) is 11.8. The molecule has 0 spiro atoms. The summed E-state index contributed by atoms with van der Waals surface area (Å²) < 4.78 is 11.0. The van der Waals surface area contributed by atoms with E-state index in [0.717, 1.165) is 23.7 Å². The van der Waals surface area contributed by atoms with Crippen molar-refractivity contribution >= 4 is 16.5 Å². The van der Waals surface area contributed by atoms with Gasteiger partial charge in [-0.2, -0.15) is 0 Å². The predicted octanol–water partition coefficient (Wildman–Crippen LogP) is 3.59. The standard InChI is InChI=1S/C20H18N2O2/c21-10-18-16-7-5-13-3-1-2-4-15(13)17(16)11-22(18)14-6-8-19-20(9-14)24-12-23-19/h1-9,18H,10-12,21H2. The van der Waals surface area contributed by atoms with E-state index in [0.29, 0.717) is 13.3 Å². The van der Waals surface area contributed by atoms with Crippen molar-refractivity contribution in [3.05, 3.63) is 65.7 Å². The number of hydrogen-bond acceptors (Lipinski definition) is 4. The van der Waals surface area contributed by atoms with Gasteiger partial charge >= 0.3 is 0 Å². The quantitative estimate of drug-likeness (QED) is 0.784. The van der Waals surface area contributed by atoms with Gasteiger partial charge in [-0.15, -0.1) is 0 Å². The average Bonchev–Trinajstić information content (AvgIpc) is 3.24. The van der Waals surface area contributed by atoms with E-state index < -0.39 is 0 Å². The topological polar surface area (TPSA) is 47.7 Å². The highest BCUT2D eigenvalue weighted by Gasteiger charge is 2.31. The van der Waals surface area contributed by atoms with Crippen LogP contribution >= 0.6 is 0 Å². The van der Waals surface area contributed by atoms with Crippen LogP contribution in [0, 0.1) is 0 Å². The van der Waals surface area contributed by atoms with Gasteiger partial charge in [0, 0.05) is 24.8 Å². The summed E-state index contributed by atoms with van der Waals surface area (Å²) in [4.78, 5) is 2.36. The lowest BCUT2D eigenvalue weighted by Gasteiger charge is -2.26. The van der Waals surface area contributed by atoms with Gasteiger partial charge in [0.25, 0.3) is 0 Å². The molecule has 0 saturated heterocycles. The van der Waals surface area contributed by atoms with E-state index in [2.05, 4.69) is 53.4 Å². The predicted molar refractivity (Wildman–Crippen MR) is 94.5 cm³/mol. The molecule has 1 atom stereocenters. The highest BCUT2D eigenvalue weighted by Crippen LogP contribution is 2.43. The van der Waals surface area contributed by atoms with Gasteiger partial charge in [-0.05, 0) is 34.0 Å². The van der Waals surface area contributed by atoms with E-state index in [1.807, 2.05) is 6.07 Å². The molecule has 3 aromatic rings. The molecule has 0 amide bonds. The highest BCUT2D eigenvalue weighted by atomic mass is 16.7. The molecular weight excluding hydrogens is 300 g/mol. The first-order valence-electron chi connectivity index (χ1n) is 8.22. The van der Waals surface area contributed by atoms with Crippen molar-refractivity contribution in [1.82, 2.24) is 0 Å². The number of nitrogens with two attached hydrogens (primary N) is 1. The monoisotopic (exact) mass is 318 g/mol. The van der Waals surface area contributed by atoms with Crippen LogP contribution in [0.25, 0.3) is 10.8 Å². The zero-order valence-electron chi connectivity index (χ0n) is 13.2. The SMILES string of the molecule is NCC1c2ccc3ccccc3c2CN1c1ccc2c(c1)OCO2. The van der Waals surface area contributed by atoms with Crippen LogP contribution in [0.1, 0.15) is 17.2 Å². The van der Waals surface area contributed by atoms with E-state index >= 15 is 0 Å². The fourth-order valence-corrected chi connectivity index (χ4v) is 3.88. The lowest BCUT2D eigenvalue weighted by atomic mass is 9.98. The van der Waals surface area contributed by atoms with Crippen molar-refractivity contribution in [2.75, 3.05) is 18.2 Å². The van der Waals surface area contributed by atoms with Crippen LogP contribution in [0.2, 0.25) is 0 Å². The van der Waals surface area contributed by atoms with Gasteiger partial charge in [0.05, 0.1) is 6.04 Å². The van der Waals surface area contributed by atoms with Crippen molar-refractivity contribution in [1.29, 1.82) is 0 Å². The van der Waals surface area contributed by atoms with Crippen LogP contribution in [0.3, 0.4) is 0 Å². The van der Waals surface area contributed by atoms with E-state index in [1.165, 1.54) is 21.9 Å². The maximum absolute atomic E-state index is 6.14. The first-order valence-corrected chi connectivity index (χ1v) is 8.22. The Kier molecular flexibility index (Phi) is 2.94. The molecule has 0 fully saturated rings. The number of nitrogens with zero attached hydrogens (tertiary/aromatic N) is 1. The van der Waals surface area contributed by atoms with E-state index in [4.69, 9.17) is 15.2 Å². The van der Waals surface area contributed by atoms with Crippen LogP contribution in [0.15, 0.2) is 54.6 Å². The third kappa shape index (κ3) is 1.90. The van der Waals surface area contributed by atoms with E-state index in [9.17, 15) is 0 Å². The molecule has 0 aliphatic carbocycles. The Labute approximate surface area is 140 Å². The molecule has 4 nitrogen and oxygen atoms in total. The second-order valence-corrected chi connectivity index (χ2v) is 6.27. The molecule has 4 heteroatoms. The normalized spacial score (nSPS) is 18.2. The van der Waals surface area contributed by atoms with Gasteiger partial charge in [0.15, 0.2) is 11.5 Å². The molecule has 1 unspecified atom stereocenters. The number of ether oxygens (including phenoxy) is 2. The lowest BCUT2D eigenvalue weighted by Crippen LogP contribution is -2.27. The summed E-state index contributed by atoms with van der Waals surface area (Å²) in [6.07, 6.45) is 0. The van der Waals surface area contributed by atoms with Crippen LogP contribution < -0.4 is 20.1 Å². The zero-order chi connectivity index (χ0) is 16.1. The van der Waals surface area contributed by atoms with Crippen LogP contribution in [0.5, 0.6) is 11.5 Å². The number of benzene rings is 3. The molecule has 24 heavy (non-hydrogen) atoms. The Morgan fingerprint density at radius 1 is 1.00 bits per heavy atom. The largest absolute Gasteiger partial charge is 0.454 e. The number of rotatable bonds is 2. The Morgan fingerprint density at radius 3 is 2.79 bits per heavy atom. The van der Waals surface area contributed by atoms with Gasteiger partial charge in [-0.3, -0.25) is 0 Å². The fraction of sp³-hybridized carbons (Fsp3) is 0.200. The maximum atomic E-state index is 6.14. The number of fused-ring (bicyclic) bond motifs is 4. The molecule has 2 aliphatic rings. The third-order valence-electron chi connectivity index (χ3n) is 5.05. The molecule has 0 radical (unpaired) electrons. The third-order valence-corrected chi connectivity index (χ3v) is 5.05. The molecule has 120 valence electrons. The molecule has 0 bridgehead atoms. The Morgan fingerprint density at radius 2 is 1.88 bits per heavy atom. The van der Waals surface area contributed by atoms with Crippen molar-refractivity contribution < 1.29 is 9.47 Å². The summed E-state index contributed by atoms with van der Waals surface area (Å²) >= 11 is 0. The van der Waals surface area contributed by atoms with Crippen molar-refractivity contribution in [2.24, 2.45) is 5.73 Å².